The van der Waals surface area contributed by atoms with Crippen molar-refractivity contribution >= 4 is 0 Å². The van der Waals surface area contributed by atoms with Crippen molar-refractivity contribution in [3.05, 3.63) is 66.1 Å². The highest BCUT2D eigenvalue weighted by Crippen LogP contribution is 2.37. The predicted octanol–water partition coefficient (Wildman–Crippen LogP) is 5.21. The van der Waals surface area contributed by atoms with E-state index >= 15 is 0 Å². The second kappa shape index (κ2) is 8.76. The number of rotatable bonds is 6. The summed E-state index contributed by atoms with van der Waals surface area (Å²) in [7, 11) is 0. The summed E-state index contributed by atoms with van der Waals surface area (Å²) in [6.07, 6.45) is 5.45. The van der Waals surface area contributed by atoms with Crippen LogP contribution in [0, 0.1) is 17.7 Å². The summed E-state index contributed by atoms with van der Waals surface area (Å²) in [5.74, 6) is 3.23. The van der Waals surface area contributed by atoms with Gasteiger partial charge in [-0.1, -0.05) is 32.1 Å². The molecule has 4 rings (SSSR count). The Balaban J connectivity index is 1.48. The number of hydrogen-bond donors (Lipinski definition) is 0. The fraction of sp³-hybridized carbons (Fsp3) is 0.417. The molecule has 0 N–H and O–H groups in total. The van der Waals surface area contributed by atoms with E-state index in [2.05, 4.69) is 31.0 Å². The highest BCUT2D eigenvalue weighted by Gasteiger charge is 2.30. The Morgan fingerprint density at radius 3 is 2.72 bits per heavy atom. The largest absolute Gasteiger partial charge is 0.493 e. The lowest BCUT2D eigenvalue weighted by Crippen LogP contribution is -2.39. The van der Waals surface area contributed by atoms with Crippen molar-refractivity contribution in [2.45, 2.75) is 26.2 Å². The smallest absolute Gasteiger partial charge is 0.231 e. The van der Waals surface area contributed by atoms with Crippen LogP contribution in [0.2, 0.25) is 0 Å². The predicted molar refractivity (Wildman–Crippen MR) is 111 cm³/mol. The standard InChI is InChI=1S/C24H28FNO3/c1-17(2)9-11-26-12-10-22(18-3-5-20(25)6-4-18)19(14-26)15-27-21-7-8-23-24(13-21)29-16-28-23/h3-9,11,13,17,19,22H,10,12,14-16H2,1-2H3/t19-,22-/m0/s1. The average Bonchev–Trinajstić information content (AvgIpc) is 3.19. The zero-order valence-electron chi connectivity index (χ0n) is 17.0. The van der Waals surface area contributed by atoms with Crippen LogP contribution in [-0.4, -0.2) is 31.4 Å². The number of benzene rings is 2. The van der Waals surface area contributed by atoms with Crippen LogP contribution >= 0.6 is 0 Å². The molecular formula is C24H28FNO3. The van der Waals surface area contributed by atoms with Crippen LogP contribution in [0.15, 0.2) is 54.7 Å². The SMILES string of the molecule is CC(C)C=CN1CC[C@@H](c2ccc(F)cc2)[C@H](COc2ccc3c(c2)OCO3)C1. The molecule has 4 nitrogen and oxygen atoms in total. The molecule has 0 amide bonds. The number of halogens is 1. The first-order valence-corrected chi connectivity index (χ1v) is 10.3. The number of allylic oxidation sites excluding steroid dienone is 1. The van der Waals surface area contributed by atoms with Gasteiger partial charge in [0.25, 0.3) is 0 Å². The van der Waals surface area contributed by atoms with E-state index in [0.717, 1.165) is 36.8 Å². The topological polar surface area (TPSA) is 30.9 Å². The fourth-order valence-electron chi connectivity index (χ4n) is 3.98. The van der Waals surface area contributed by atoms with Crippen molar-refractivity contribution < 1.29 is 18.6 Å². The third kappa shape index (κ3) is 4.84. The van der Waals surface area contributed by atoms with Gasteiger partial charge in [0.2, 0.25) is 6.79 Å². The Kier molecular flexibility index (Phi) is 5.93. The van der Waals surface area contributed by atoms with Crippen molar-refractivity contribution in [3.8, 4) is 17.2 Å². The van der Waals surface area contributed by atoms with Gasteiger partial charge in [0.15, 0.2) is 11.5 Å². The average molecular weight is 397 g/mol. The molecule has 0 bridgehead atoms. The summed E-state index contributed by atoms with van der Waals surface area (Å²) < 4.78 is 30.4. The van der Waals surface area contributed by atoms with E-state index in [0.29, 0.717) is 24.4 Å². The number of hydrogen-bond acceptors (Lipinski definition) is 4. The van der Waals surface area contributed by atoms with E-state index in [1.54, 1.807) is 12.1 Å². The Labute approximate surface area is 171 Å². The molecule has 1 fully saturated rings. The van der Waals surface area contributed by atoms with Crippen molar-refractivity contribution in [3.63, 3.8) is 0 Å². The van der Waals surface area contributed by atoms with Crippen molar-refractivity contribution in [2.75, 3.05) is 26.5 Å². The molecule has 2 atom stereocenters. The Hall–Kier alpha value is -2.69. The Bertz CT molecular complexity index is 850. The summed E-state index contributed by atoms with van der Waals surface area (Å²) >= 11 is 0. The van der Waals surface area contributed by atoms with Gasteiger partial charge >= 0.3 is 0 Å². The van der Waals surface area contributed by atoms with Gasteiger partial charge in [-0.15, -0.1) is 0 Å². The molecule has 0 aliphatic carbocycles. The lowest BCUT2D eigenvalue weighted by molar-refractivity contribution is 0.141. The van der Waals surface area contributed by atoms with Crippen LogP contribution < -0.4 is 14.2 Å². The van der Waals surface area contributed by atoms with Crippen molar-refractivity contribution in [2.24, 2.45) is 11.8 Å². The molecule has 5 heteroatoms. The van der Waals surface area contributed by atoms with E-state index in [1.807, 2.05) is 30.3 Å². The van der Waals surface area contributed by atoms with Gasteiger partial charge in [-0.2, -0.15) is 0 Å². The van der Waals surface area contributed by atoms with E-state index in [4.69, 9.17) is 14.2 Å². The third-order valence-corrected chi connectivity index (χ3v) is 5.55. The van der Waals surface area contributed by atoms with E-state index in [1.165, 1.54) is 5.56 Å². The molecule has 0 saturated carbocycles. The Morgan fingerprint density at radius 1 is 1.14 bits per heavy atom. The highest BCUT2D eigenvalue weighted by atomic mass is 19.1. The number of ether oxygens (including phenoxy) is 3. The first-order valence-electron chi connectivity index (χ1n) is 10.3. The van der Waals surface area contributed by atoms with Crippen LogP contribution in [0.4, 0.5) is 4.39 Å². The third-order valence-electron chi connectivity index (χ3n) is 5.55. The number of likely N-dealkylation sites (tertiary alicyclic amines) is 1. The van der Waals surface area contributed by atoms with Crippen molar-refractivity contribution in [1.82, 2.24) is 4.90 Å². The first kappa shape index (κ1) is 19.6. The van der Waals surface area contributed by atoms with Gasteiger partial charge in [-0.3, -0.25) is 0 Å². The minimum absolute atomic E-state index is 0.195. The molecule has 0 unspecified atom stereocenters. The van der Waals surface area contributed by atoms with E-state index < -0.39 is 0 Å². The lowest BCUT2D eigenvalue weighted by Gasteiger charge is -2.38. The number of fused-ring (bicyclic) bond motifs is 1. The molecule has 0 aromatic heterocycles. The van der Waals surface area contributed by atoms with Gasteiger partial charge < -0.3 is 19.1 Å². The molecule has 2 aliphatic rings. The highest BCUT2D eigenvalue weighted by molar-refractivity contribution is 5.46. The van der Waals surface area contributed by atoms with Gasteiger partial charge in [0.1, 0.15) is 11.6 Å². The van der Waals surface area contributed by atoms with Gasteiger partial charge in [0, 0.05) is 25.1 Å². The van der Waals surface area contributed by atoms with Crippen LogP contribution in [-0.2, 0) is 0 Å². The summed E-state index contributed by atoms with van der Waals surface area (Å²) in [5.41, 5.74) is 1.18. The van der Waals surface area contributed by atoms with Crippen LogP contribution in [0.5, 0.6) is 17.2 Å². The first-order chi connectivity index (χ1) is 14.1. The van der Waals surface area contributed by atoms with Gasteiger partial charge in [-0.05, 0) is 54.3 Å². The van der Waals surface area contributed by atoms with Crippen LogP contribution in [0.1, 0.15) is 31.7 Å². The summed E-state index contributed by atoms with van der Waals surface area (Å²) in [4.78, 5) is 2.37. The molecule has 2 aromatic carbocycles. The second-order valence-corrected chi connectivity index (χ2v) is 8.11. The molecule has 0 spiro atoms. The maximum atomic E-state index is 13.4. The second-order valence-electron chi connectivity index (χ2n) is 8.11. The number of nitrogens with zero attached hydrogens (tertiary/aromatic N) is 1. The van der Waals surface area contributed by atoms with E-state index in [-0.39, 0.29) is 12.6 Å². The maximum Gasteiger partial charge on any atom is 0.231 e. The Morgan fingerprint density at radius 2 is 1.93 bits per heavy atom. The van der Waals surface area contributed by atoms with Crippen LogP contribution in [0.25, 0.3) is 0 Å². The summed E-state index contributed by atoms with van der Waals surface area (Å²) in [6.45, 7) is 7.12. The molecule has 0 radical (unpaired) electrons. The molecule has 1 saturated heterocycles. The fourth-order valence-corrected chi connectivity index (χ4v) is 3.98. The quantitative estimate of drug-likeness (QED) is 0.670. The maximum absolute atomic E-state index is 13.4. The van der Waals surface area contributed by atoms with Gasteiger partial charge in [0.05, 0.1) is 6.61 Å². The van der Waals surface area contributed by atoms with Crippen molar-refractivity contribution in [1.29, 1.82) is 0 Å². The molecule has 2 heterocycles. The minimum atomic E-state index is -0.195. The summed E-state index contributed by atoms with van der Waals surface area (Å²) in [5, 5.41) is 0. The molecule has 2 aromatic rings. The molecule has 29 heavy (non-hydrogen) atoms. The van der Waals surface area contributed by atoms with Crippen LogP contribution in [0.3, 0.4) is 0 Å². The zero-order valence-corrected chi connectivity index (χ0v) is 17.0. The van der Waals surface area contributed by atoms with Gasteiger partial charge in [-0.25, -0.2) is 4.39 Å². The summed E-state index contributed by atoms with van der Waals surface area (Å²) in [6, 6.07) is 12.6. The number of piperidine rings is 1. The molecule has 2 aliphatic heterocycles. The normalized spacial score (nSPS) is 21.2. The van der Waals surface area contributed by atoms with E-state index in [9.17, 15) is 4.39 Å². The lowest BCUT2D eigenvalue weighted by atomic mass is 9.81. The molecule has 154 valence electrons. The minimum Gasteiger partial charge on any atom is -0.493 e. The zero-order chi connectivity index (χ0) is 20.2. The molecular weight excluding hydrogens is 369 g/mol. The monoisotopic (exact) mass is 397 g/mol.